The van der Waals surface area contributed by atoms with Crippen LogP contribution in [0.1, 0.15) is 42.8 Å². The fraction of sp³-hybridized carbons (Fsp3) is 0.500. The van der Waals surface area contributed by atoms with Gasteiger partial charge in [0, 0.05) is 35.9 Å². The Labute approximate surface area is 120 Å². The molecule has 106 valence electrons. The maximum Gasteiger partial charge on any atom is 0.234 e. The monoisotopic (exact) mass is 270 g/mol. The molecule has 0 atom stereocenters. The van der Waals surface area contributed by atoms with Gasteiger partial charge in [-0.3, -0.25) is 4.57 Å². The van der Waals surface area contributed by atoms with Gasteiger partial charge in [-0.25, -0.2) is 9.97 Å². The summed E-state index contributed by atoms with van der Waals surface area (Å²) >= 11 is 0. The van der Waals surface area contributed by atoms with E-state index < -0.39 is 0 Å². The summed E-state index contributed by atoms with van der Waals surface area (Å²) in [5.41, 5.74) is 3.24. The van der Waals surface area contributed by atoms with Gasteiger partial charge in [0.25, 0.3) is 0 Å². The van der Waals surface area contributed by atoms with Crippen molar-refractivity contribution >= 4 is 0 Å². The standard InChI is InChI=1S/C16H22N4/c1-12-10-13(2)19-16(18-12)20-9-5-8-15(20)11-17-14-6-3-4-7-14/h5,8-10,14,17H,3-4,6-7,11H2,1-2H3. The Kier molecular flexibility index (Phi) is 3.83. The molecular weight excluding hydrogens is 248 g/mol. The van der Waals surface area contributed by atoms with Gasteiger partial charge in [-0.15, -0.1) is 0 Å². The Hall–Kier alpha value is -1.68. The molecule has 1 aliphatic rings. The topological polar surface area (TPSA) is 42.7 Å². The minimum absolute atomic E-state index is 0.679. The molecule has 1 fully saturated rings. The van der Waals surface area contributed by atoms with Crippen molar-refractivity contribution in [3.63, 3.8) is 0 Å². The van der Waals surface area contributed by atoms with E-state index in [4.69, 9.17) is 0 Å². The third-order valence-corrected chi connectivity index (χ3v) is 3.95. The molecule has 0 radical (unpaired) electrons. The summed E-state index contributed by atoms with van der Waals surface area (Å²) < 4.78 is 2.09. The van der Waals surface area contributed by atoms with E-state index in [0.717, 1.165) is 23.9 Å². The van der Waals surface area contributed by atoms with Crippen molar-refractivity contribution in [3.05, 3.63) is 41.5 Å². The molecule has 3 rings (SSSR count). The molecule has 2 aromatic rings. The van der Waals surface area contributed by atoms with E-state index in [-0.39, 0.29) is 0 Å². The highest BCUT2D eigenvalue weighted by molar-refractivity contribution is 5.24. The molecule has 1 aliphatic carbocycles. The Morgan fingerprint density at radius 3 is 2.60 bits per heavy atom. The highest BCUT2D eigenvalue weighted by atomic mass is 15.2. The summed E-state index contributed by atoms with van der Waals surface area (Å²) in [6, 6.07) is 6.89. The van der Waals surface area contributed by atoms with Crippen molar-refractivity contribution in [2.24, 2.45) is 0 Å². The molecule has 0 amide bonds. The van der Waals surface area contributed by atoms with Crippen LogP contribution in [-0.4, -0.2) is 20.6 Å². The lowest BCUT2D eigenvalue weighted by Crippen LogP contribution is -2.26. The lowest BCUT2D eigenvalue weighted by Gasteiger charge is -2.13. The van der Waals surface area contributed by atoms with Crippen LogP contribution < -0.4 is 5.32 Å². The molecule has 0 aromatic carbocycles. The Balaban J connectivity index is 1.78. The second-order valence-corrected chi connectivity index (χ2v) is 5.68. The molecule has 4 nitrogen and oxygen atoms in total. The molecule has 0 saturated heterocycles. The number of hydrogen-bond donors (Lipinski definition) is 1. The van der Waals surface area contributed by atoms with Crippen molar-refractivity contribution in [1.29, 1.82) is 0 Å². The van der Waals surface area contributed by atoms with Crippen molar-refractivity contribution in [3.8, 4) is 5.95 Å². The third-order valence-electron chi connectivity index (χ3n) is 3.95. The second-order valence-electron chi connectivity index (χ2n) is 5.68. The summed E-state index contributed by atoms with van der Waals surface area (Å²) in [5, 5.41) is 3.65. The summed E-state index contributed by atoms with van der Waals surface area (Å²) in [4.78, 5) is 9.08. The van der Waals surface area contributed by atoms with E-state index in [2.05, 4.69) is 32.0 Å². The molecule has 0 unspecified atom stereocenters. The van der Waals surface area contributed by atoms with Crippen LogP contribution in [0.25, 0.3) is 5.95 Å². The maximum absolute atomic E-state index is 4.54. The van der Waals surface area contributed by atoms with E-state index in [0.29, 0.717) is 6.04 Å². The van der Waals surface area contributed by atoms with Gasteiger partial charge < -0.3 is 5.32 Å². The Morgan fingerprint density at radius 2 is 1.90 bits per heavy atom. The van der Waals surface area contributed by atoms with Gasteiger partial charge >= 0.3 is 0 Å². The van der Waals surface area contributed by atoms with Gasteiger partial charge in [0.15, 0.2) is 0 Å². The number of nitrogens with zero attached hydrogens (tertiary/aromatic N) is 3. The summed E-state index contributed by atoms with van der Waals surface area (Å²) in [6.07, 6.45) is 7.37. The van der Waals surface area contributed by atoms with E-state index in [9.17, 15) is 0 Å². The van der Waals surface area contributed by atoms with Crippen molar-refractivity contribution < 1.29 is 0 Å². The zero-order chi connectivity index (χ0) is 13.9. The molecule has 2 heterocycles. The summed E-state index contributed by atoms with van der Waals surface area (Å²) in [7, 11) is 0. The minimum Gasteiger partial charge on any atom is -0.308 e. The van der Waals surface area contributed by atoms with Gasteiger partial charge in [-0.05, 0) is 44.9 Å². The van der Waals surface area contributed by atoms with Crippen LogP contribution >= 0.6 is 0 Å². The van der Waals surface area contributed by atoms with Gasteiger partial charge in [0.1, 0.15) is 0 Å². The number of hydrogen-bond acceptors (Lipinski definition) is 3. The fourth-order valence-electron chi connectivity index (χ4n) is 2.95. The van der Waals surface area contributed by atoms with Crippen LogP contribution in [0.5, 0.6) is 0 Å². The summed E-state index contributed by atoms with van der Waals surface area (Å²) in [5.74, 6) is 0.774. The van der Waals surface area contributed by atoms with Gasteiger partial charge in [-0.1, -0.05) is 12.8 Å². The van der Waals surface area contributed by atoms with Gasteiger partial charge in [-0.2, -0.15) is 0 Å². The van der Waals surface area contributed by atoms with Crippen molar-refractivity contribution in [2.75, 3.05) is 0 Å². The number of aromatic nitrogens is 3. The first-order valence-corrected chi connectivity index (χ1v) is 7.44. The molecule has 20 heavy (non-hydrogen) atoms. The van der Waals surface area contributed by atoms with Crippen LogP contribution in [0, 0.1) is 13.8 Å². The second kappa shape index (κ2) is 5.75. The molecule has 1 N–H and O–H groups in total. The van der Waals surface area contributed by atoms with Gasteiger partial charge in [0.05, 0.1) is 0 Å². The highest BCUT2D eigenvalue weighted by Gasteiger charge is 2.15. The Morgan fingerprint density at radius 1 is 1.20 bits per heavy atom. The smallest absolute Gasteiger partial charge is 0.234 e. The average Bonchev–Trinajstić information content (AvgIpc) is 3.06. The predicted octanol–water partition coefficient (Wildman–Crippen LogP) is 2.92. The highest BCUT2D eigenvalue weighted by Crippen LogP contribution is 2.18. The van der Waals surface area contributed by atoms with Crippen LogP contribution in [0.15, 0.2) is 24.4 Å². The maximum atomic E-state index is 4.54. The SMILES string of the molecule is Cc1cc(C)nc(-n2cccc2CNC2CCCC2)n1. The minimum atomic E-state index is 0.679. The van der Waals surface area contributed by atoms with E-state index in [1.807, 2.05) is 26.1 Å². The number of rotatable bonds is 4. The van der Waals surface area contributed by atoms with Gasteiger partial charge in [0.2, 0.25) is 5.95 Å². The van der Waals surface area contributed by atoms with Crippen LogP contribution in [-0.2, 0) is 6.54 Å². The first kappa shape index (κ1) is 13.3. The lowest BCUT2D eigenvalue weighted by molar-refractivity contribution is 0.515. The van der Waals surface area contributed by atoms with Crippen LogP contribution in [0.3, 0.4) is 0 Å². The quantitative estimate of drug-likeness (QED) is 0.929. The Bertz CT molecular complexity index is 562. The molecule has 0 aliphatic heterocycles. The van der Waals surface area contributed by atoms with E-state index in [1.165, 1.54) is 31.4 Å². The third kappa shape index (κ3) is 2.90. The normalized spacial score (nSPS) is 15.9. The predicted molar refractivity (Wildman–Crippen MR) is 79.9 cm³/mol. The first-order valence-electron chi connectivity index (χ1n) is 7.44. The summed E-state index contributed by atoms with van der Waals surface area (Å²) in [6.45, 7) is 4.91. The molecule has 0 spiro atoms. The number of aryl methyl sites for hydroxylation is 2. The molecule has 2 aromatic heterocycles. The molecular formula is C16H22N4. The largest absolute Gasteiger partial charge is 0.308 e. The number of nitrogens with one attached hydrogen (secondary N) is 1. The fourth-order valence-corrected chi connectivity index (χ4v) is 2.95. The van der Waals surface area contributed by atoms with Crippen LogP contribution in [0.2, 0.25) is 0 Å². The molecule has 1 saturated carbocycles. The molecule has 0 bridgehead atoms. The zero-order valence-electron chi connectivity index (χ0n) is 12.3. The van der Waals surface area contributed by atoms with E-state index in [1.54, 1.807) is 0 Å². The molecule has 4 heteroatoms. The van der Waals surface area contributed by atoms with E-state index >= 15 is 0 Å². The van der Waals surface area contributed by atoms with Crippen molar-refractivity contribution in [1.82, 2.24) is 19.9 Å². The lowest BCUT2D eigenvalue weighted by atomic mass is 10.2. The van der Waals surface area contributed by atoms with Crippen LogP contribution in [0.4, 0.5) is 0 Å². The van der Waals surface area contributed by atoms with Crippen molar-refractivity contribution in [2.45, 2.75) is 52.1 Å². The average molecular weight is 270 g/mol. The first-order chi connectivity index (χ1) is 9.72. The zero-order valence-corrected chi connectivity index (χ0v) is 12.3.